The van der Waals surface area contributed by atoms with Crippen LogP contribution in [0, 0.1) is 20.8 Å². The molecule has 2 aromatic rings. The summed E-state index contributed by atoms with van der Waals surface area (Å²) in [4.78, 5) is 7.25. The van der Waals surface area contributed by atoms with Gasteiger partial charge in [0.25, 0.3) is 0 Å². The van der Waals surface area contributed by atoms with Crippen molar-refractivity contribution in [2.24, 2.45) is 7.05 Å². The molecule has 1 fully saturated rings. The van der Waals surface area contributed by atoms with Crippen LogP contribution in [0.25, 0.3) is 0 Å². The number of hydrogen-bond acceptors (Lipinski definition) is 3. The van der Waals surface area contributed by atoms with Gasteiger partial charge in [-0.3, -0.25) is 9.58 Å². The lowest BCUT2D eigenvalue weighted by atomic mass is 10.1. The minimum Gasteiger partial charge on any atom is -0.337 e. The zero-order valence-corrected chi connectivity index (χ0v) is 14.4. The zero-order valence-electron chi connectivity index (χ0n) is 14.4. The molecule has 0 spiro atoms. The number of likely N-dealkylation sites (tertiary alicyclic amines) is 1. The molecular weight excluding hydrogens is 274 g/mol. The van der Waals surface area contributed by atoms with Crippen LogP contribution in [0.2, 0.25) is 0 Å². The van der Waals surface area contributed by atoms with E-state index in [2.05, 4.69) is 60.2 Å². The number of hydrogen-bond donors (Lipinski definition) is 0. The van der Waals surface area contributed by atoms with Crippen molar-refractivity contribution in [1.29, 1.82) is 0 Å². The first-order valence-corrected chi connectivity index (χ1v) is 8.24. The highest BCUT2D eigenvalue weighted by molar-refractivity contribution is 5.24. The lowest BCUT2D eigenvalue weighted by Gasteiger charge is -2.16. The summed E-state index contributed by atoms with van der Waals surface area (Å²) in [6, 6.07) is 0. The summed E-state index contributed by atoms with van der Waals surface area (Å²) in [6.07, 6.45) is 3.32. The number of imidazole rings is 1. The Bertz CT molecular complexity index is 667. The molecule has 0 radical (unpaired) electrons. The second-order valence-corrected chi connectivity index (χ2v) is 6.54. The van der Waals surface area contributed by atoms with E-state index in [0.29, 0.717) is 5.92 Å². The topological polar surface area (TPSA) is 38.9 Å². The Morgan fingerprint density at radius 2 is 2.05 bits per heavy atom. The second-order valence-electron chi connectivity index (χ2n) is 6.54. The van der Waals surface area contributed by atoms with Gasteiger partial charge in [-0.05, 0) is 40.7 Å². The van der Waals surface area contributed by atoms with Gasteiger partial charge < -0.3 is 4.57 Å². The van der Waals surface area contributed by atoms with Crippen molar-refractivity contribution in [1.82, 2.24) is 24.2 Å². The number of aryl methyl sites for hydroxylation is 4. The molecule has 5 heteroatoms. The van der Waals surface area contributed by atoms with Crippen molar-refractivity contribution in [2.75, 3.05) is 13.1 Å². The summed E-state index contributed by atoms with van der Waals surface area (Å²) in [7, 11) is 2.11. The van der Waals surface area contributed by atoms with E-state index in [-0.39, 0.29) is 0 Å². The normalized spacial score (nSPS) is 19.2. The summed E-state index contributed by atoms with van der Waals surface area (Å²) >= 11 is 0. The minimum atomic E-state index is 0.556. The molecule has 0 aliphatic carbocycles. The van der Waals surface area contributed by atoms with Crippen LogP contribution < -0.4 is 0 Å². The summed E-state index contributed by atoms with van der Waals surface area (Å²) < 4.78 is 4.30. The largest absolute Gasteiger partial charge is 0.337 e. The summed E-state index contributed by atoms with van der Waals surface area (Å²) in [5.41, 5.74) is 5.01. The van der Waals surface area contributed by atoms with Gasteiger partial charge in [0.05, 0.1) is 11.4 Å². The lowest BCUT2D eigenvalue weighted by molar-refractivity contribution is 0.323. The quantitative estimate of drug-likeness (QED) is 0.871. The summed E-state index contributed by atoms with van der Waals surface area (Å²) in [6.45, 7) is 12.7. The lowest BCUT2D eigenvalue weighted by Crippen LogP contribution is -2.21. The van der Waals surface area contributed by atoms with Crippen LogP contribution in [0.5, 0.6) is 0 Å². The fourth-order valence-electron chi connectivity index (χ4n) is 3.70. The van der Waals surface area contributed by atoms with Gasteiger partial charge in [-0.25, -0.2) is 4.98 Å². The molecule has 0 amide bonds. The Balaban J connectivity index is 1.71. The molecule has 1 aliphatic heterocycles. The Labute approximate surface area is 133 Å². The van der Waals surface area contributed by atoms with E-state index in [1.165, 1.54) is 29.2 Å². The van der Waals surface area contributed by atoms with Gasteiger partial charge >= 0.3 is 0 Å². The fraction of sp³-hybridized carbons (Fsp3) is 0.647. The zero-order chi connectivity index (χ0) is 15.9. The molecule has 0 N–H and O–H groups in total. The highest BCUT2D eigenvalue weighted by atomic mass is 15.3. The Morgan fingerprint density at radius 3 is 2.64 bits per heavy atom. The average Bonchev–Trinajstić information content (AvgIpc) is 3.13. The highest BCUT2D eigenvalue weighted by Gasteiger charge is 2.28. The van der Waals surface area contributed by atoms with Crippen LogP contribution in [0.3, 0.4) is 0 Å². The molecule has 2 aromatic heterocycles. The molecule has 22 heavy (non-hydrogen) atoms. The molecule has 1 aliphatic rings. The van der Waals surface area contributed by atoms with Crippen molar-refractivity contribution in [3.63, 3.8) is 0 Å². The third-order valence-corrected chi connectivity index (χ3v) is 4.88. The molecule has 1 atom stereocenters. The van der Waals surface area contributed by atoms with Crippen molar-refractivity contribution in [2.45, 2.75) is 53.1 Å². The molecule has 5 nitrogen and oxygen atoms in total. The number of aromatic nitrogens is 4. The molecule has 3 heterocycles. The highest BCUT2D eigenvalue weighted by Crippen LogP contribution is 2.28. The van der Waals surface area contributed by atoms with E-state index in [1.807, 2.05) is 0 Å². The summed E-state index contributed by atoms with van der Waals surface area (Å²) in [5, 5.41) is 4.64. The van der Waals surface area contributed by atoms with Gasteiger partial charge in [0.15, 0.2) is 0 Å². The van der Waals surface area contributed by atoms with E-state index < -0.39 is 0 Å². The predicted molar refractivity (Wildman–Crippen MR) is 88.0 cm³/mol. The smallest absolute Gasteiger partial charge is 0.113 e. The number of nitrogens with zero attached hydrogens (tertiary/aromatic N) is 5. The first-order valence-electron chi connectivity index (χ1n) is 8.24. The van der Waals surface area contributed by atoms with E-state index in [1.54, 1.807) is 0 Å². The molecule has 0 bridgehead atoms. The van der Waals surface area contributed by atoms with Gasteiger partial charge in [0, 0.05) is 50.1 Å². The van der Waals surface area contributed by atoms with Crippen LogP contribution in [-0.2, 0) is 20.1 Å². The van der Waals surface area contributed by atoms with Crippen LogP contribution >= 0.6 is 0 Å². The second kappa shape index (κ2) is 5.88. The monoisotopic (exact) mass is 301 g/mol. The SMILES string of the molecule is CCn1nc(C)c(CN2CCC(c3nc(C)cn3C)C2)c1C. The maximum Gasteiger partial charge on any atom is 0.113 e. The fourth-order valence-corrected chi connectivity index (χ4v) is 3.70. The molecular formula is C17H27N5. The van der Waals surface area contributed by atoms with Crippen molar-refractivity contribution < 1.29 is 0 Å². The Morgan fingerprint density at radius 1 is 1.27 bits per heavy atom. The van der Waals surface area contributed by atoms with Gasteiger partial charge in [0.1, 0.15) is 5.82 Å². The summed E-state index contributed by atoms with van der Waals surface area (Å²) in [5.74, 6) is 1.79. The van der Waals surface area contributed by atoms with Crippen molar-refractivity contribution in [3.05, 3.63) is 34.7 Å². The minimum absolute atomic E-state index is 0.556. The van der Waals surface area contributed by atoms with E-state index in [9.17, 15) is 0 Å². The van der Waals surface area contributed by atoms with E-state index >= 15 is 0 Å². The van der Waals surface area contributed by atoms with Gasteiger partial charge in [-0.15, -0.1) is 0 Å². The van der Waals surface area contributed by atoms with E-state index in [0.717, 1.165) is 31.9 Å². The van der Waals surface area contributed by atoms with Crippen LogP contribution in [0.1, 0.15) is 47.7 Å². The molecule has 3 rings (SSSR count). The Hall–Kier alpha value is -1.62. The van der Waals surface area contributed by atoms with Gasteiger partial charge in [-0.2, -0.15) is 5.10 Å². The van der Waals surface area contributed by atoms with Crippen molar-refractivity contribution in [3.8, 4) is 0 Å². The Kier molecular flexibility index (Phi) is 4.08. The van der Waals surface area contributed by atoms with Crippen LogP contribution in [0.4, 0.5) is 0 Å². The molecule has 0 aromatic carbocycles. The molecule has 1 unspecified atom stereocenters. The van der Waals surface area contributed by atoms with Crippen LogP contribution in [-0.4, -0.2) is 37.3 Å². The van der Waals surface area contributed by atoms with Crippen LogP contribution in [0.15, 0.2) is 6.20 Å². The molecule has 0 saturated carbocycles. The molecule has 1 saturated heterocycles. The predicted octanol–water partition coefficient (Wildman–Crippen LogP) is 2.55. The standard InChI is InChI=1S/C17H27N5/c1-6-22-14(4)16(13(3)19-22)11-21-8-7-15(10-21)17-18-12(2)9-20(17)5/h9,15H,6-8,10-11H2,1-5H3. The first-order chi connectivity index (χ1) is 10.5. The van der Waals surface area contributed by atoms with Gasteiger partial charge in [0.2, 0.25) is 0 Å². The number of rotatable bonds is 4. The van der Waals surface area contributed by atoms with E-state index in [4.69, 9.17) is 4.98 Å². The maximum absolute atomic E-state index is 4.71. The third-order valence-electron chi connectivity index (χ3n) is 4.88. The maximum atomic E-state index is 4.71. The average molecular weight is 301 g/mol. The molecule has 120 valence electrons. The third kappa shape index (κ3) is 2.70. The first kappa shape index (κ1) is 15.3. The van der Waals surface area contributed by atoms with Crippen molar-refractivity contribution >= 4 is 0 Å². The van der Waals surface area contributed by atoms with Gasteiger partial charge in [-0.1, -0.05) is 0 Å².